The minimum atomic E-state index is 0.232. The van der Waals surface area contributed by atoms with Crippen molar-refractivity contribution in [2.45, 2.75) is 58.1 Å². The van der Waals surface area contributed by atoms with Gasteiger partial charge in [0, 0.05) is 33.4 Å². The molecule has 0 aromatic heterocycles. The fourth-order valence-electron chi connectivity index (χ4n) is 2.86. The fourth-order valence-corrected chi connectivity index (χ4v) is 2.86. The third-order valence-corrected chi connectivity index (χ3v) is 5.16. The van der Waals surface area contributed by atoms with Gasteiger partial charge in [-0.05, 0) is 35.8 Å². The second-order valence-corrected chi connectivity index (χ2v) is 7.50. The third-order valence-electron chi connectivity index (χ3n) is 5.16. The van der Waals surface area contributed by atoms with Crippen LogP contribution in [-0.4, -0.2) is 45.5 Å². The molecule has 0 aliphatic carbocycles. The van der Waals surface area contributed by atoms with Crippen LogP contribution in [0.25, 0.3) is 0 Å². The summed E-state index contributed by atoms with van der Waals surface area (Å²) in [6.45, 7) is 10.7. The number of hydrogen-bond acceptors (Lipinski definition) is 3. The normalized spacial score (nSPS) is 18.2. The van der Waals surface area contributed by atoms with Crippen LogP contribution < -0.4 is 10.6 Å². The van der Waals surface area contributed by atoms with Crippen molar-refractivity contribution in [1.82, 2.24) is 10.6 Å². The molecule has 0 spiro atoms. The first-order valence-corrected chi connectivity index (χ1v) is 9.78. The number of benzene rings is 1. The molecule has 1 aromatic rings. The van der Waals surface area contributed by atoms with Crippen LogP contribution in [0.15, 0.2) is 29.3 Å². The van der Waals surface area contributed by atoms with Gasteiger partial charge in [0.25, 0.3) is 0 Å². The highest BCUT2D eigenvalue weighted by Gasteiger charge is 2.17. The van der Waals surface area contributed by atoms with Crippen molar-refractivity contribution < 1.29 is 9.47 Å². The first kappa shape index (κ1) is 20.7. The molecule has 2 rings (SSSR count). The molecule has 5 heteroatoms. The lowest BCUT2D eigenvalue weighted by molar-refractivity contribution is 0.0420. The van der Waals surface area contributed by atoms with E-state index >= 15 is 0 Å². The summed E-state index contributed by atoms with van der Waals surface area (Å²) in [5.41, 5.74) is 2.88. The molecule has 0 saturated carbocycles. The number of nitrogens with one attached hydrogen (secondary N) is 2. The van der Waals surface area contributed by atoms with Gasteiger partial charge in [0.15, 0.2) is 5.96 Å². The van der Waals surface area contributed by atoms with Gasteiger partial charge in [0.2, 0.25) is 0 Å². The molecule has 26 heavy (non-hydrogen) atoms. The fraction of sp³-hybridized carbons (Fsp3) is 0.667. The summed E-state index contributed by atoms with van der Waals surface area (Å²) in [6.07, 6.45) is 3.40. The largest absolute Gasteiger partial charge is 0.379 e. The minimum absolute atomic E-state index is 0.232. The molecular formula is C21H35N3O2. The zero-order chi connectivity index (χ0) is 18.8. The molecule has 2 N–H and O–H groups in total. The van der Waals surface area contributed by atoms with Gasteiger partial charge in [-0.3, -0.25) is 4.99 Å². The molecule has 1 saturated heterocycles. The van der Waals surface area contributed by atoms with E-state index in [1.165, 1.54) is 11.1 Å². The van der Waals surface area contributed by atoms with Crippen molar-refractivity contribution in [3.05, 3.63) is 35.4 Å². The number of guanidine groups is 1. The van der Waals surface area contributed by atoms with E-state index in [4.69, 9.17) is 9.47 Å². The Morgan fingerprint density at radius 3 is 2.65 bits per heavy atom. The predicted molar refractivity (Wildman–Crippen MR) is 108 cm³/mol. The Bertz CT molecular complexity index is 549. The molecule has 1 atom stereocenters. The Kier molecular flexibility index (Phi) is 8.39. The first-order valence-electron chi connectivity index (χ1n) is 9.78. The van der Waals surface area contributed by atoms with Crippen LogP contribution in [0.1, 0.15) is 51.2 Å². The maximum absolute atomic E-state index is 5.77. The Balaban J connectivity index is 1.66. The van der Waals surface area contributed by atoms with Crippen molar-refractivity contribution >= 4 is 5.96 Å². The Morgan fingerprint density at radius 1 is 1.27 bits per heavy atom. The number of ether oxygens (including phenoxy) is 2. The quantitative estimate of drug-likeness (QED) is 0.403. The maximum Gasteiger partial charge on any atom is 0.191 e. The monoisotopic (exact) mass is 361 g/mol. The zero-order valence-corrected chi connectivity index (χ0v) is 16.8. The Hall–Kier alpha value is -1.59. The molecule has 0 amide bonds. The molecular weight excluding hydrogens is 326 g/mol. The van der Waals surface area contributed by atoms with Crippen molar-refractivity contribution in [3.63, 3.8) is 0 Å². The summed E-state index contributed by atoms with van der Waals surface area (Å²) in [6, 6.07) is 8.87. The van der Waals surface area contributed by atoms with Gasteiger partial charge in [0.05, 0.1) is 12.7 Å². The van der Waals surface area contributed by atoms with Gasteiger partial charge in [-0.1, -0.05) is 45.0 Å². The van der Waals surface area contributed by atoms with Crippen LogP contribution in [0.5, 0.6) is 0 Å². The zero-order valence-electron chi connectivity index (χ0n) is 16.8. The third kappa shape index (κ3) is 6.61. The van der Waals surface area contributed by atoms with Crippen molar-refractivity contribution in [2.75, 3.05) is 33.4 Å². The summed E-state index contributed by atoms with van der Waals surface area (Å²) in [7, 11) is 1.80. The molecule has 1 unspecified atom stereocenters. The van der Waals surface area contributed by atoms with E-state index in [-0.39, 0.29) is 11.5 Å². The first-order chi connectivity index (χ1) is 12.5. The maximum atomic E-state index is 5.77. The van der Waals surface area contributed by atoms with Crippen LogP contribution in [0, 0.1) is 0 Å². The van der Waals surface area contributed by atoms with Gasteiger partial charge in [-0.15, -0.1) is 0 Å². The molecule has 5 nitrogen and oxygen atoms in total. The smallest absolute Gasteiger partial charge is 0.191 e. The second-order valence-electron chi connectivity index (χ2n) is 7.50. The highest BCUT2D eigenvalue weighted by Crippen LogP contribution is 2.26. The molecule has 1 fully saturated rings. The lowest BCUT2D eigenvalue weighted by atomic mass is 9.82. The van der Waals surface area contributed by atoms with Crippen LogP contribution in [0.4, 0.5) is 0 Å². The molecule has 146 valence electrons. The highest BCUT2D eigenvalue weighted by molar-refractivity contribution is 5.79. The van der Waals surface area contributed by atoms with E-state index in [1.807, 2.05) is 0 Å². The average Bonchev–Trinajstić information content (AvgIpc) is 3.17. The van der Waals surface area contributed by atoms with Gasteiger partial charge in [-0.25, -0.2) is 0 Å². The average molecular weight is 362 g/mol. The molecule has 0 bridgehead atoms. The Labute approximate surface area is 158 Å². The topological polar surface area (TPSA) is 54.9 Å². The van der Waals surface area contributed by atoms with Gasteiger partial charge < -0.3 is 20.1 Å². The molecule has 1 aliphatic rings. The van der Waals surface area contributed by atoms with E-state index in [1.54, 1.807) is 7.05 Å². The van der Waals surface area contributed by atoms with Gasteiger partial charge in [0.1, 0.15) is 0 Å². The van der Waals surface area contributed by atoms with Crippen molar-refractivity contribution in [1.29, 1.82) is 0 Å². The highest BCUT2D eigenvalue weighted by atomic mass is 16.5. The second kappa shape index (κ2) is 10.5. The summed E-state index contributed by atoms with van der Waals surface area (Å²) >= 11 is 0. The summed E-state index contributed by atoms with van der Waals surface area (Å²) in [4.78, 5) is 4.28. The summed E-state index contributed by atoms with van der Waals surface area (Å²) < 4.78 is 11.1. The van der Waals surface area contributed by atoms with Crippen LogP contribution in [0.2, 0.25) is 0 Å². The van der Waals surface area contributed by atoms with E-state index < -0.39 is 0 Å². The number of aliphatic imine (C=N–C) groups is 1. The Morgan fingerprint density at radius 2 is 2.04 bits per heavy atom. The lowest BCUT2D eigenvalue weighted by Gasteiger charge is -2.23. The minimum Gasteiger partial charge on any atom is -0.379 e. The van der Waals surface area contributed by atoms with Crippen LogP contribution >= 0.6 is 0 Å². The SMILES string of the molecule is CCC(C)(C)c1ccc(CNC(=NC)NCCCOC2CCOC2)cc1. The predicted octanol–water partition coefficient (Wildman–Crippen LogP) is 3.23. The number of rotatable bonds is 9. The van der Waals surface area contributed by atoms with E-state index in [0.717, 1.165) is 58.1 Å². The van der Waals surface area contributed by atoms with Gasteiger partial charge in [-0.2, -0.15) is 0 Å². The van der Waals surface area contributed by atoms with Crippen LogP contribution in [-0.2, 0) is 21.4 Å². The molecule has 1 aliphatic heterocycles. The number of hydrogen-bond donors (Lipinski definition) is 2. The summed E-state index contributed by atoms with van der Waals surface area (Å²) in [5, 5.41) is 6.71. The number of nitrogens with zero attached hydrogens (tertiary/aromatic N) is 1. The lowest BCUT2D eigenvalue weighted by Crippen LogP contribution is -2.37. The van der Waals surface area contributed by atoms with Crippen molar-refractivity contribution in [3.8, 4) is 0 Å². The van der Waals surface area contributed by atoms with Crippen molar-refractivity contribution in [2.24, 2.45) is 4.99 Å². The van der Waals surface area contributed by atoms with E-state index in [0.29, 0.717) is 0 Å². The van der Waals surface area contributed by atoms with Crippen LogP contribution in [0.3, 0.4) is 0 Å². The van der Waals surface area contributed by atoms with Gasteiger partial charge >= 0.3 is 0 Å². The van der Waals surface area contributed by atoms with E-state index in [9.17, 15) is 0 Å². The molecule has 0 radical (unpaired) electrons. The standard InChI is InChI=1S/C21H35N3O2/c1-5-21(2,3)18-9-7-17(8-10-18)15-24-20(22-4)23-12-6-13-26-19-11-14-25-16-19/h7-10,19H,5-6,11-16H2,1-4H3,(H2,22,23,24). The van der Waals surface area contributed by atoms with E-state index in [2.05, 4.69) is 60.7 Å². The molecule has 1 heterocycles. The molecule has 1 aromatic carbocycles. The summed E-state index contributed by atoms with van der Waals surface area (Å²) in [5.74, 6) is 0.826.